The largest absolute Gasteiger partial charge is 0.378 e. The van der Waals surface area contributed by atoms with Crippen LogP contribution in [0.1, 0.15) is 42.4 Å². The van der Waals surface area contributed by atoms with Crippen LogP contribution in [0.5, 0.6) is 0 Å². The molecule has 6 nitrogen and oxygen atoms in total. The van der Waals surface area contributed by atoms with Gasteiger partial charge in [-0.3, -0.25) is 9.69 Å². The van der Waals surface area contributed by atoms with Gasteiger partial charge in [0, 0.05) is 39.3 Å². The molecule has 0 radical (unpaired) electrons. The summed E-state index contributed by atoms with van der Waals surface area (Å²) in [6, 6.07) is 14.8. The molecule has 2 atom stereocenters. The topological polar surface area (TPSA) is 57.7 Å². The van der Waals surface area contributed by atoms with Gasteiger partial charge < -0.3 is 15.0 Å². The van der Waals surface area contributed by atoms with Gasteiger partial charge in [0.25, 0.3) is 5.91 Å². The number of morpholine rings is 1. The molecule has 176 valence electrons. The van der Waals surface area contributed by atoms with E-state index in [1.54, 1.807) is 6.07 Å². The molecular weight excluding hydrogens is 412 g/mol. The lowest BCUT2D eigenvalue weighted by Crippen LogP contribution is -2.37. The monoisotopic (exact) mass is 448 g/mol. The fourth-order valence-electron chi connectivity index (χ4n) is 5.36. The van der Waals surface area contributed by atoms with Crippen molar-refractivity contribution in [1.29, 1.82) is 0 Å². The molecule has 1 amide bonds. The molecule has 3 aliphatic rings. The molecule has 0 bridgehead atoms. The smallest absolute Gasteiger partial charge is 0.269 e. The van der Waals surface area contributed by atoms with Crippen molar-refractivity contribution in [2.24, 2.45) is 17.8 Å². The van der Waals surface area contributed by atoms with E-state index in [2.05, 4.69) is 65.1 Å². The normalized spacial score (nSPS) is 25.1. The molecule has 3 heterocycles. The number of ether oxygens (including phenoxy) is 1. The lowest BCUT2D eigenvalue weighted by molar-refractivity contribution is 0.0944. The molecule has 1 saturated carbocycles. The van der Waals surface area contributed by atoms with E-state index < -0.39 is 0 Å². The Hall–Kier alpha value is -2.44. The Morgan fingerprint density at radius 1 is 1.06 bits per heavy atom. The van der Waals surface area contributed by atoms with Crippen molar-refractivity contribution in [3.63, 3.8) is 0 Å². The van der Waals surface area contributed by atoms with Crippen LogP contribution in [0.25, 0.3) is 0 Å². The molecule has 1 aromatic carbocycles. The summed E-state index contributed by atoms with van der Waals surface area (Å²) in [5.74, 6) is 2.83. The highest BCUT2D eigenvalue weighted by atomic mass is 16.5. The zero-order valence-electron chi connectivity index (χ0n) is 20.1. The summed E-state index contributed by atoms with van der Waals surface area (Å²) in [5, 5.41) is 3.14. The average Bonchev–Trinajstić information content (AvgIpc) is 3.28. The minimum atomic E-state index is -0.0640. The predicted molar refractivity (Wildman–Crippen MR) is 130 cm³/mol. The Morgan fingerprint density at radius 2 is 1.76 bits per heavy atom. The van der Waals surface area contributed by atoms with Crippen LogP contribution in [-0.2, 0) is 16.7 Å². The number of hydrogen-bond donors (Lipinski definition) is 1. The van der Waals surface area contributed by atoms with Crippen molar-refractivity contribution in [2.75, 3.05) is 50.8 Å². The van der Waals surface area contributed by atoms with Crippen LogP contribution in [0.15, 0.2) is 42.5 Å². The minimum Gasteiger partial charge on any atom is -0.378 e. The lowest BCUT2D eigenvalue weighted by Gasteiger charge is -2.27. The molecule has 2 aromatic rings. The van der Waals surface area contributed by atoms with Crippen molar-refractivity contribution >= 4 is 11.7 Å². The molecule has 2 aliphatic heterocycles. The van der Waals surface area contributed by atoms with Gasteiger partial charge in [-0.2, -0.15) is 0 Å². The maximum atomic E-state index is 12.7. The highest BCUT2D eigenvalue weighted by molar-refractivity contribution is 5.92. The number of carbonyl (C=O) groups excluding carboxylic acids is 1. The van der Waals surface area contributed by atoms with Crippen LogP contribution in [-0.4, -0.2) is 61.7 Å². The summed E-state index contributed by atoms with van der Waals surface area (Å²) in [7, 11) is 0. The van der Waals surface area contributed by atoms with Gasteiger partial charge in [-0.25, -0.2) is 4.98 Å². The Morgan fingerprint density at radius 3 is 2.42 bits per heavy atom. The second-order valence-electron chi connectivity index (χ2n) is 10.8. The van der Waals surface area contributed by atoms with E-state index in [-0.39, 0.29) is 11.3 Å². The van der Waals surface area contributed by atoms with E-state index in [4.69, 9.17) is 4.74 Å². The van der Waals surface area contributed by atoms with Gasteiger partial charge in [-0.05, 0) is 46.4 Å². The zero-order chi connectivity index (χ0) is 23.0. The van der Waals surface area contributed by atoms with E-state index >= 15 is 0 Å². The van der Waals surface area contributed by atoms with Crippen molar-refractivity contribution in [1.82, 2.24) is 15.2 Å². The van der Waals surface area contributed by atoms with Crippen LogP contribution in [0, 0.1) is 17.8 Å². The number of pyridine rings is 1. The number of benzene rings is 1. The number of hydrogen-bond acceptors (Lipinski definition) is 5. The minimum absolute atomic E-state index is 0.0640. The molecule has 1 aromatic heterocycles. The summed E-state index contributed by atoms with van der Waals surface area (Å²) in [6.45, 7) is 13.9. The third-order valence-electron chi connectivity index (χ3n) is 7.47. The third-order valence-corrected chi connectivity index (χ3v) is 7.47. The number of nitrogens with one attached hydrogen (secondary N) is 1. The molecule has 33 heavy (non-hydrogen) atoms. The standard InChI is InChI=1S/C27H36N4O2/c1-27(2,3)20-9-7-19(8-10-20)16-30-17-22-21(23(22)18-30)15-28-26(32)24-5-4-6-25(29-24)31-11-13-33-14-12-31/h4-10,21-23H,11-18H2,1-3H3,(H,28,32). The Labute approximate surface area is 197 Å². The maximum Gasteiger partial charge on any atom is 0.269 e. The first kappa shape index (κ1) is 22.4. The summed E-state index contributed by atoms with van der Waals surface area (Å²) in [4.78, 5) is 22.0. The Balaban J connectivity index is 1.08. The number of amides is 1. The molecule has 2 unspecified atom stereocenters. The van der Waals surface area contributed by atoms with E-state index in [0.29, 0.717) is 36.7 Å². The molecule has 3 fully saturated rings. The van der Waals surface area contributed by atoms with Crippen LogP contribution in [0.3, 0.4) is 0 Å². The number of likely N-dealkylation sites (tertiary alicyclic amines) is 1. The number of nitrogens with zero attached hydrogens (tertiary/aromatic N) is 3. The van der Waals surface area contributed by atoms with E-state index in [1.165, 1.54) is 11.1 Å². The molecule has 6 heteroatoms. The molecule has 5 rings (SSSR count). The van der Waals surface area contributed by atoms with Gasteiger partial charge in [0.15, 0.2) is 0 Å². The van der Waals surface area contributed by atoms with E-state index in [0.717, 1.165) is 45.1 Å². The molecule has 0 spiro atoms. The van der Waals surface area contributed by atoms with Gasteiger partial charge in [0.05, 0.1) is 13.2 Å². The highest BCUT2D eigenvalue weighted by Gasteiger charge is 2.55. The maximum absolute atomic E-state index is 12.7. The number of aromatic nitrogens is 1. The second-order valence-corrected chi connectivity index (χ2v) is 10.8. The number of piperidine rings is 1. The number of rotatable bonds is 6. The van der Waals surface area contributed by atoms with Crippen molar-refractivity contribution < 1.29 is 9.53 Å². The summed E-state index contributed by atoms with van der Waals surface area (Å²) >= 11 is 0. The number of carbonyl (C=O) groups is 1. The first-order valence-corrected chi connectivity index (χ1v) is 12.3. The van der Waals surface area contributed by atoms with Gasteiger partial charge in [-0.15, -0.1) is 0 Å². The lowest BCUT2D eigenvalue weighted by atomic mass is 9.87. The second kappa shape index (κ2) is 9.07. The Kier molecular flexibility index (Phi) is 6.14. The van der Waals surface area contributed by atoms with Crippen LogP contribution >= 0.6 is 0 Å². The fraction of sp³-hybridized carbons (Fsp3) is 0.556. The SMILES string of the molecule is CC(C)(C)c1ccc(CN2CC3C(CNC(=O)c4cccc(N5CCOCC5)n4)C3C2)cc1. The Bertz CT molecular complexity index is 966. The zero-order valence-corrected chi connectivity index (χ0v) is 20.1. The molecule has 2 saturated heterocycles. The predicted octanol–water partition coefficient (Wildman–Crippen LogP) is 3.32. The summed E-state index contributed by atoms with van der Waals surface area (Å²) in [5.41, 5.74) is 3.48. The van der Waals surface area contributed by atoms with E-state index in [1.807, 2.05) is 12.1 Å². The highest BCUT2D eigenvalue weighted by Crippen LogP contribution is 2.51. The number of fused-ring (bicyclic) bond motifs is 1. The molecule has 1 aliphatic carbocycles. The quantitative estimate of drug-likeness (QED) is 0.735. The average molecular weight is 449 g/mol. The van der Waals surface area contributed by atoms with Gasteiger partial charge in [-0.1, -0.05) is 51.1 Å². The van der Waals surface area contributed by atoms with Crippen LogP contribution in [0.4, 0.5) is 5.82 Å². The van der Waals surface area contributed by atoms with Crippen molar-refractivity contribution in [3.8, 4) is 0 Å². The first-order valence-electron chi connectivity index (χ1n) is 12.3. The van der Waals surface area contributed by atoms with Gasteiger partial charge in [0.1, 0.15) is 11.5 Å². The first-order chi connectivity index (χ1) is 15.9. The van der Waals surface area contributed by atoms with Crippen molar-refractivity contribution in [2.45, 2.75) is 32.7 Å². The molecular formula is C27H36N4O2. The third kappa shape index (κ3) is 5.07. The van der Waals surface area contributed by atoms with Crippen molar-refractivity contribution in [3.05, 3.63) is 59.3 Å². The van der Waals surface area contributed by atoms with Gasteiger partial charge >= 0.3 is 0 Å². The van der Waals surface area contributed by atoms with E-state index in [9.17, 15) is 4.79 Å². The van der Waals surface area contributed by atoms with Crippen LogP contribution in [0.2, 0.25) is 0 Å². The van der Waals surface area contributed by atoms with Gasteiger partial charge in [0.2, 0.25) is 0 Å². The van der Waals surface area contributed by atoms with Crippen LogP contribution < -0.4 is 10.2 Å². The number of anilines is 1. The fourth-order valence-corrected chi connectivity index (χ4v) is 5.36. The summed E-state index contributed by atoms with van der Waals surface area (Å²) < 4.78 is 5.41. The molecule has 1 N–H and O–H groups in total. The summed E-state index contributed by atoms with van der Waals surface area (Å²) in [6.07, 6.45) is 0.